The molecule has 0 spiro atoms. The summed E-state index contributed by atoms with van der Waals surface area (Å²) in [5.41, 5.74) is 1.12. The van der Waals surface area contributed by atoms with E-state index in [1.807, 2.05) is 29.2 Å². The van der Waals surface area contributed by atoms with E-state index in [0.717, 1.165) is 23.0 Å². The second-order valence-corrected chi connectivity index (χ2v) is 6.03. The van der Waals surface area contributed by atoms with Crippen LogP contribution in [0, 0.1) is 0 Å². The van der Waals surface area contributed by atoms with Crippen LogP contribution in [0.4, 0.5) is 0 Å². The molecule has 0 aromatic heterocycles. The Morgan fingerprint density at radius 2 is 2.00 bits per heavy atom. The first-order chi connectivity index (χ1) is 9.47. The summed E-state index contributed by atoms with van der Waals surface area (Å²) in [5.74, 6) is 0.107. The summed E-state index contributed by atoms with van der Waals surface area (Å²) in [6.07, 6.45) is 1.41. The third-order valence-corrected chi connectivity index (χ3v) is 4.11. The van der Waals surface area contributed by atoms with Crippen molar-refractivity contribution in [1.82, 2.24) is 4.90 Å². The van der Waals surface area contributed by atoms with E-state index in [2.05, 4.69) is 29.8 Å². The van der Waals surface area contributed by atoms with Crippen LogP contribution >= 0.6 is 15.9 Å². The molecule has 20 heavy (non-hydrogen) atoms. The van der Waals surface area contributed by atoms with Crippen LogP contribution in [0.1, 0.15) is 51.6 Å². The van der Waals surface area contributed by atoms with E-state index in [9.17, 15) is 9.90 Å². The van der Waals surface area contributed by atoms with Crippen molar-refractivity contribution in [2.75, 3.05) is 6.54 Å². The van der Waals surface area contributed by atoms with Crippen molar-refractivity contribution in [1.29, 1.82) is 0 Å². The third-order valence-electron chi connectivity index (χ3n) is 3.38. The molecule has 1 aromatic carbocycles. The summed E-state index contributed by atoms with van der Waals surface area (Å²) < 4.78 is 1.02. The van der Waals surface area contributed by atoms with Crippen molar-refractivity contribution >= 4 is 21.8 Å². The predicted octanol–water partition coefficient (Wildman–Crippen LogP) is 3.91. The number of rotatable bonds is 7. The number of aliphatic hydroxyl groups is 1. The zero-order valence-electron chi connectivity index (χ0n) is 12.5. The summed E-state index contributed by atoms with van der Waals surface area (Å²) in [7, 11) is 0. The standard InChI is InChI=1S/C16H24BrNO2/c1-4-11-18(16(20)10-9-12(2)19)13(3)14-7-5-6-8-15(14)17/h5-8,12-13,19H,4,9-11H2,1-3H3. The van der Waals surface area contributed by atoms with Gasteiger partial charge in [-0.15, -0.1) is 0 Å². The molecule has 2 unspecified atom stereocenters. The van der Waals surface area contributed by atoms with E-state index in [1.165, 1.54) is 0 Å². The number of hydrogen-bond donors (Lipinski definition) is 1. The maximum Gasteiger partial charge on any atom is 0.223 e. The molecule has 112 valence electrons. The number of carbonyl (C=O) groups excluding carboxylic acids is 1. The molecule has 0 aliphatic rings. The lowest BCUT2D eigenvalue weighted by Gasteiger charge is -2.30. The maximum atomic E-state index is 12.4. The normalized spacial score (nSPS) is 13.8. The molecule has 0 bridgehead atoms. The van der Waals surface area contributed by atoms with Gasteiger partial charge in [0.05, 0.1) is 12.1 Å². The molecule has 0 saturated heterocycles. The topological polar surface area (TPSA) is 40.5 Å². The Hall–Kier alpha value is -0.870. The molecular formula is C16H24BrNO2. The molecule has 4 heteroatoms. The molecule has 0 radical (unpaired) electrons. The quantitative estimate of drug-likeness (QED) is 0.816. The van der Waals surface area contributed by atoms with Crippen molar-refractivity contribution in [2.45, 2.75) is 52.2 Å². The maximum absolute atomic E-state index is 12.4. The third kappa shape index (κ3) is 4.91. The van der Waals surface area contributed by atoms with Gasteiger partial charge in [0.25, 0.3) is 0 Å². The fourth-order valence-corrected chi connectivity index (χ4v) is 2.85. The minimum Gasteiger partial charge on any atom is -0.393 e. The van der Waals surface area contributed by atoms with E-state index < -0.39 is 6.10 Å². The smallest absolute Gasteiger partial charge is 0.223 e. The van der Waals surface area contributed by atoms with Gasteiger partial charge in [-0.3, -0.25) is 4.79 Å². The molecule has 1 rings (SSSR count). The van der Waals surface area contributed by atoms with Crippen molar-refractivity contribution in [3.63, 3.8) is 0 Å². The summed E-state index contributed by atoms with van der Waals surface area (Å²) in [6.45, 7) is 6.58. The van der Waals surface area contributed by atoms with Crippen LogP contribution in [0.15, 0.2) is 28.7 Å². The summed E-state index contributed by atoms with van der Waals surface area (Å²) in [6, 6.07) is 8.03. The number of nitrogens with zero attached hydrogens (tertiary/aromatic N) is 1. The molecule has 1 amide bonds. The Bertz CT molecular complexity index is 434. The highest BCUT2D eigenvalue weighted by Crippen LogP contribution is 2.28. The van der Waals surface area contributed by atoms with E-state index >= 15 is 0 Å². The molecule has 0 fully saturated rings. The van der Waals surface area contributed by atoms with Gasteiger partial charge in [0.15, 0.2) is 0 Å². The number of aliphatic hydroxyl groups excluding tert-OH is 1. The van der Waals surface area contributed by atoms with E-state index in [4.69, 9.17) is 0 Å². The van der Waals surface area contributed by atoms with Crippen LogP contribution in [0.2, 0.25) is 0 Å². The lowest BCUT2D eigenvalue weighted by atomic mass is 10.1. The zero-order valence-corrected chi connectivity index (χ0v) is 14.1. The first kappa shape index (κ1) is 17.2. The highest BCUT2D eigenvalue weighted by Gasteiger charge is 2.22. The summed E-state index contributed by atoms with van der Waals surface area (Å²) in [5, 5.41) is 9.33. The summed E-state index contributed by atoms with van der Waals surface area (Å²) >= 11 is 3.55. The van der Waals surface area contributed by atoms with Gasteiger partial charge in [-0.2, -0.15) is 0 Å². The summed E-state index contributed by atoms with van der Waals surface area (Å²) in [4.78, 5) is 14.3. The average molecular weight is 342 g/mol. The fraction of sp³-hybridized carbons (Fsp3) is 0.562. The molecule has 0 saturated carbocycles. The Balaban J connectivity index is 2.84. The number of hydrogen-bond acceptors (Lipinski definition) is 2. The van der Waals surface area contributed by atoms with Crippen LogP contribution < -0.4 is 0 Å². The minimum absolute atomic E-state index is 0.0343. The SMILES string of the molecule is CCCN(C(=O)CCC(C)O)C(C)c1ccccc1Br. The van der Waals surface area contributed by atoms with Gasteiger partial charge in [-0.25, -0.2) is 0 Å². The Kier molecular flexibility index (Phi) is 7.24. The number of benzene rings is 1. The van der Waals surface area contributed by atoms with E-state index in [0.29, 0.717) is 12.8 Å². The van der Waals surface area contributed by atoms with Gasteiger partial charge in [-0.1, -0.05) is 41.1 Å². The lowest BCUT2D eigenvalue weighted by Crippen LogP contribution is -2.34. The van der Waals surface area contributed by atoms with Crippen molar-refractivity contribution in [2.24, 2.45) is 0 Å². The second kappa shape index (κ2) is 8.42. The Labute approximate surface area is 130 Å². The van der Waals surface area contributed by atoms with Crippen LogP contribution in [0.5, 0.6) is 0 Å². The molecule has 1 N–H and O–H groups in total. The molecule has 2 atom stereocenters. The van der Waals surface area contributed by atoms with E-state index in [1.54, 1.807) is 6.92 Å². The van der Waals surface area contributed by atoms with Gasteiger partial charge in [0.1, 0.15) is 0 Å². The van der Waals surface area contributed by atoms with Gasteiger partial charge < -0.3 is 10.0 Å². The predicted molar refractivity (Wildman–Crippen MR) is 85.5 cm³/mol. The highest BCUT2D eigenvalue weighted by molar-refractivity contribution is 9.10. The van der Waals surface area contributed by atoms with Gasteiger partial charge >= 0.3 is 0 Å². The van der Waals surface area contributed by atoms with Crippen LogP contribution in [0.3, 0.4) is 0 Å². The van der Waals surface area contributed by atoms with Gasteiger partial charge in [0, 0.05) is 17.4 Å². The zero-order chi connectivity index (χ0) is 15.1. The molecule has 0 aliphatic carbocycles. The van der Waals surface area contributed by atoms with Crippen molar-refractivity contribution < 1.29 is 9.90 Å². The first-order valence-corrected chi connectivity index (χ1v) is 7.98. The van der Waals surface area contributed by atoms with Crippen LogP contribution in [-0.2, 0) is 4.79 Å². The molecular weight excluding hydrogens is 318 g/mol. The molecule has 3 nitrogen and oxygen atoms in total. The largest absolute Gasteiger partial charge is 0.393 e. The second-order valence-electron chi connectivity index (χ2n) is 5.17. The molecule has 1 aromatic rings. The van der Waals surface area contributed by atoms with E-state index in [-0.39, 0.29) is 11.9 Å². The monoisotopic (exact) mass is 341 g/mol. The van der Waals surface area contributed by atoms with Crippen molar-refractivity contribution in [3.05, 3.63) is 34.3 Å². The molecule has 0 aliphatic heterocycles. The lowest BCUT2D eigenvalue weighted by molar-refractivity contribution is -0.134. The van der Waals surface area contributed by atoms with Crippen molar-refractivity contribution in [3.8, 4) is 0 Å². The highest BCUT2D eigenvalue weighted by atomic mass is 79.9. The fourth-order valence-electron chi connectivity index (χ4n) is 2.23. The number of halogens is 1. The molecule has 0 heterocycles. The Morgan fingerprint density at radius 3 is 2.55 bits per heavy atom. The first-order valence-electron chi connectivity index (χ1n) is 7.19. The number of amides is 1. The van der Waals surface area contributed by atoms with Gasteiger partial charge in [0.2, 0.25) is 5.91 Å². The van der Waals surface area contributed by atoms with Gasteiger partial charge in [-0.05, 0) is 38.3 Å². The minimum atomic E-state index is -0.429. The van der Waals surface area contributed by atoms with Crippen LogP contribution in [0.25, 0.3) is 0 Å². The number of carbonyl (C=O) groups is 1. The Morgan fingerprint density at radius 1 is 1.35 bits per heavy atom. The average Bonchev–Trinajstić information content (AvgIpc) is 2.42. The van der Waals surface area contributed by atoms with Crippen LogP contribution in [-0.4, -0.2) is 28.6 Å².